The van der Waals surface area contributed by atoms with Gasteiger partial charge in [0.1, 0.15) is 0 Å². The molecular formula is C34H61NO3. The number of nitrogens with one attached hydrogen (secondary N) is 1. The van der Waals surface area contributed by atoms with Gasteiger partial charge in [0.05, 0.1) is 0 Å². The minimum Gasteiger partial charge on any atom is -0.358 e. The van der Waals surface area contributed by atoms with Crippen molar-refractivity contribution in [3.8, 4) is 0 Å². The summed E-state index contributed by atoms with van der Waals surface area (Å²) in [5.41, 5.74) is 1.10. The van der Waals surface area contributed by atoms with Crippen molar-refractivity contribution in [3.05, 3.63) is 0 Å². The van der Waals surface area contributed by atoms with Crippen LogP contribution in [-0.2, 0) is 4.79 Å². The molecule has 4 saturated carbocycles. The predicted octanol–water partition coefficient (Wildman–Crippen LogP) is 7.86. The molecule has 0 saturated heterocycles. The van der Waals surface area contributed by atoms with Crippen LogP contribution in [0.25, 0.3) is 0 Å². The Morgan fingerprint density at radius 1 is 0.868 bits per heavy atom. The SMILES string of the molecule is CCCCCCNC(=O)C(O)(O)C(C)CCC[C@@H](C)[C@H]1CC[C@H]2[C@@H]3CCC4CCCC[C@]4(C)[C@H]3CC[C@]12C. The van der Waals surface area contributed by atoms with Crippen molar-refractivity contribution >= 4 is 5.91 Å². The number of hydrogen-bond acceptors (Lipinski definition) is 3. The average Bonchev–Trinajstić information content (AvgIpc) is 3.25. The van der Waals surface area contributed by atoms with Crippen LogP contribution >= 0.6 is 0 Å². The molecule has 2 unspecified atom stereocenters. The number of rotatable bonds is 12. The van der Waals surface area contributed by atoms with E-state index in [1.54, 1.807) is 0 Å². The van der Waals surface area contributed by atoms with Gasteiger partial charge in [0.2, 0.25) is 5.79 Å². The van der Waals surface area contributed by atoms with Crippen LogP contribution in [0.4, 0.5) is 0 Å². The molecule has 3 N–H and O–H groups in total. The van der Waals surface area contributed by atoms with Crippen LogP contribution in [0.1, 0.15) is 144 Å². The Morgan fingerprint density at radius 2 is 1.63 bits per heavy atom. The predicted molar refractivity (Wildman–Crippen MR) is 156 cm³/mol. The normalized spacial score (nSPS) is 38.6. The second kappa shape index (κ2) is 12.5. The van der Waals surface area contributed by atoms with Crippen molar-refractivity contribution < 1.29 is 15.0 Å². The van der Waals surface area contributed by atoms with E-state index >= 15 is 0 Å². The van der Waals surface area contributed by atoms with E-state index in [9.17, 15) is 15.0 Å². The molecular weight excluding hydrogens is 470 g/mol. The van der Waals surface area contributed by atoms with Gasteiger partial charge in [0.25, 0.3) is 5.91 Å². The second-order valence-electron chi connectivity index (χ2n) is 15.0. The van der Waals surface area contributed by atoms with Gasteiger partial charge < -0.3 is 15.5 Å². The third-order valence-corrected chi connectivity index (χ3v) is 13.0. The summed E-state index contributed by atoms with van der Waals surface area (Å²) in [4.78, 5) is 12.5. The minimum absolute atomic E-state index is 0.459. The zero-order chi connectivity index (χ0) is 27.6. The number of hydrogen-bond donors (Lipinski definition) is 3. The summed E-state index contributed by atoms with van der Waals surface area (Å²) in [7, 11) is 0. The van der Waals surface area contributed by atoms with Crippen molar-refractivity contribution in [2.75, 3.05) is 6.54 Å². The van der Waals surface area contributed by atoms with E-state index in [-0.39, 0.29) is 0 Å². The van der Waals surface area contributed by atoms with Gasteiger partial charge in [-0.3, -0.25) is 4.79 Å². The highest BCUT2D eigenvalue weighted by molar-refractivity contribution is 5.83. The van der Waals surface area contributed by atoms with Gasteiger partial charge in [-0.2, -0.15) is 0 Å². The fourth-order valence-corrected chi connectivity index (χ4v) is 10.5. The summed E-state index contributed by atoms with van der Waals surface area (Å²) < 4.78 is 0. The number of carbonyl (C=O) groups excluding carboxylic acids is 1. The van der Waals surface area contributed by atoms with Gasteiger partial charge in [-0.05, 0) is 111 Å². The Hall–Kier alpha value is -0.610. The third-order valence-electron chi connectivity index (χ3n) is 13.0. The van der Waals surface area contributed by atoms with Gasteiger partial charge in [-0.15, -0.1) is 0 Å². The maximum Gasteiger partial charge on any atom is 0.280 e. The van der Waals surface area contributed by atoms with E-state index in [0.29, 0.717) is 29.7 Å². The van der Waals surface area contributed by atoms with Crippen LogP contribution in [0.3, 0.4) is 0 Å². The molecule has 9 atom stereocenters. The van der Waals surface area contributed by atoms with Gasteiger partial charge >= 0.3 is 0 Å². The molecule has 0 aromatic carbocycles. The largest absolute Gasteiger partial charge is 0.358 e. The number of fused-ring (bicyclic) bond motifs is 5. The maximum absolute atomic E-state index is 12.5. The average molecular weight is 532 g/mol. The highest BCUT2D eigenvalue weighted by atomic mass is 16.5. The van der Waals surface area contributed by atoms with Gasteiger partial charge in [-0.25, -0.2) is 0 Å². The topological polar surface area (TPSA) is 69.6 Å². The van der Waals surface area contributed by atoms with Crippen LogP contribution in [0.15, 0.2) is 0 Å². The first-order valence-electron chi connectivity index (χ1n) is 16.8. The summed E-state index contributed by atoms with van der Waals surface area (Å²) in [6, 6.07) is 0. The summed E-state index contributed by atoms with van der Waals surface area (Å²) in [5, 5.41) is 23.9. The zero-order valence-electron chi connectivity index (χ0n) is 25.6. The first-order valence-corrected chi connectivity index (χ1v) is 16.8. The van der Waals surface area contributed by atoms with E-state index < -0.39 is 17.6 Å². The highest BCUT2D eigenvalue weighted by Crippen LogP contribution is 2.68. The molecule has 0 heterocycles. The van der Waals surface area contributed by atoms with E-state index in [4.69, 9.17) is 0 Å². The van der Waals surface area contributed by atoms with Crippen LogP contribution in [0, 0.1) is 52.3 Å². The highest BCUT2D eigenvalue weighted by Gasteiger charge is 2.60. The monoisotopic (exact) mass is 531 g/mol. The fraction of sp³-hybridized carbons (Fsp3) is 0.971. The Kier molecular flexibility index (Phi) is 9.98. The lowest BCUT2D eigenvalue weighted by atomic mass is 9.44. The molecule has 0 bridgehead atoms. The molecule has 4 heteroatoms. The standard InChI is InChI=1S/C34H61NO3/c1-6-7-8-11-23-35-31(36)34(37,38)25(3)14-12-13-24(2)28-18-19-29-27-17-16-26-15-9-10-21-32(26,4)30(27)20-22-33(28,29)5/h24-30,37-38H,6-23H2,1-5H3,(H,35,36)/t24-,25?,26?,27+,28-,29+,30+,32+,33-/m1/s1. The molecule has 4 nitrogen and oxygen atoms in total. The van der Waals surface area contributed by atoms with Gasteiger partial charge in [0.15, 0.2) is 0 Å². The molecule has 0 radical (unpaired) electrons. The van der Waals surface area contributed by atoms with Crippen LogP contribution < -0.4 is 5.32 Å². The molecule has 4 fully saturated rings. The van der Waals surface area contributed by atoms with Crippen molar-refractivity contribution in [3.63, 3.8) is 0 Å². The first kappa shape index (κ1) is 30.4. The number of amides is 1. The smallest absolute Gasteiger partial charge is 0.280 e. The number of carbonyl (C=O) groups is 1. The van der Waals surface area contributed by atoms with E-state index in [0.717, 1.165) is 68.1 Å². The summed E-state index contributed by atoms with van der Waals surface area (Å²) in [6.07, 6.45) is 21.6. The van der Waals surface area contributed by atoms with Crippen LogP contribution in [0.2, 0.25) is 0 Å². The Labute approximate surface area is 234 Å². The molecule has 38 heavy (non-hydrogen) atoms. The summed E-state index contributed by atoms with van der Waals surface area (Å²) in [6.45, 7) is 12.3. The molecule has 4 rings (SSSR count). The molecule has 0 aromatic rings. The molecule has 220 valence electrons. The second-order valence-corrected chi connectivity index (χ2v) is 15.0. The van der Waals surface area contributed by atoms with E-state index in [1.807, 2.05) is 6.92 Å². The van der Waals surface area contributed by atoms with Gasteiger partial charge in [-0.1, -0.05) is 79.6 Å². The fourth-order valence-electron chi connectivity index (χ4n) is 10.5. The summed E-state index contributed by atoms with van der Waals surface area (Å²) in [5.74, 6) is 1.92. The lowest BCUT2D eigenvalue weighted by Gasteiger charge is -2.61. The maximum atomic E-state index is 12.5. The van der Waals surface area contributed by atoms with Crippen molar-refractivity contribution in [1.82, 2.24) is 5.32 Å². The molecule has 0 aromatic heterocycles. The minimum atomic E-state index is -2.27. The van der Waals surface area contributed by atoms with Crippen molar-refractivity contribution in [2.24, 2.45) is 52.3 Å². The Balaban J connectivity index is 1.27. The lowest BCUT2D eigenvalue weighted by molar-refractivity contribution is -0.204. The Bertz CT molecular complexity index is 782. The van der Waals surface area contributed by atoms with Crippen LogP contribution in [0.5, 0.6) is 0 Å². The lowest BCUT2D eigenvalue weighted by Crippen LogP contribution is -2.53. The Morgan fingerprint density at radius 3 is 2.39 bits per heavy atom. The quantitative estimate of drug-likeness (QED) is 0.177. The first-order chi connectivity index (χ1) is 18.1. The van der Waals surface area contributed by atoms with E-state index in [1.165, 1.54) is 64.2 Å². The number of unbranched alkanes of at least 4 members (excludes halogenated alkanes) is 3. The van der Waals surface area contributed by atoms with Crippen LogP contribution in [-0.4, -0.2) is 28.5 Å². The molecule has 4 aliphatic rings. The van der Waals surface area contributed by atoms with E-state index in [2.05, 4.69) is 33.0 Å². The molecule has 0 aliphatic heterocycles. The zero-order valence-corrected chi connectivity index (χ0v) is 25.6. The molecule has 0 spiro atoms. The molecule has 4 aliphatic carbocycles. The third kappa shape index (κ3) is 5.88. The number of aliphatic hydroxyl groups is 2. The van der Waals surface area contributed by atoms with Crippen molar-refractivity contribution in [1.29, 1.82) is 0 Å². The van der Waals surface area contributed by atoms with Gasteiger partial charge in [0, 0.05) is 12.5 Å². The summed E-state index contributed by atoms with van der Waals surface area (Å²) >= 11 is 0. The molecule has 1 amide bonds. The van der Waals surface area contributed by atoms with Crippen molar-refractivity contribution in [2.45, 2.75) is 150 Å².